The normalized spacial score (nSPS) is 11.7. The first-order valence-corrected chi connectivity index (χ1v) is 20.1. The number of para-hydroxylation sites is 1. The number of hydrogen-bond acceptors (Lipinski definition) is 0. The number of aromatic nitrogens is 1. The van der Waals surface area contributed by atoms with E-state index in [0.29, 0.717) is 5.69 Å². The molecule has 0 aliphatic heterocycles. The van der Waals surface area contributed by atoms with Crippen molar-refractivity contribution in [3.05, 3.63) is 218 Å². The lowest BCUT2D eigenvalue weighted by Crippen LogP contribution is -1.93. The zero-order chi connectivity index (χ0) is 39.0. The average Bonchev–Trinajstić information content (AvgIpc) is 3.63. The van der Waals surface area contributed by atoms with Crippen LogP contribution in [0.5, 0.6) is 0 Å². The summed E-state index contributed by atoms with van der Waals surface area (Å²) < 4.78 is 2.31. The Morgan fingerprint density at radius 3 is 1.46 bits per heavy atom. The van der Waals surface area contributed by atoms with E-state index in [1.54, 1.807) is 0 Å². The third-order valence-electron chi connectivity index (χ3n) is 12.4. The van der Waals surface area contributed by atoms with E-state index in [-0.39, 0.29) is 0 Å². The predicted molar refractivity (Wildman–Crippen MR) is 251 cm³/mol. The zero-order valence-electron chi connectivity index (χ0n) is 32.0. The summed E-state index contributed by atoms with van der Waals surface area (Å²) in [5.41, 5.74) is 11.2. The molecule has 0 bridgehead atoms. The van der Waals surface area contributed by atoms with Crippen molar-refractivity contribution in [2.45, 2.75) is 0 Å². The molecule has 0 spiro atoms. The number of hydrogen-bond donors (Lipinski definition) is 0. The van der Waals surface area contributed by atoms with Crippen LogP contribution in [0.25, 0.3) is 120 Å². The van der Waals surface area contributed by atoms with E-state index in [4.69, 9.17) is 6.57 Å². The second-order valence-electron chi connectivity index (χ2n) is 15.5. The van der Waals surface area contributed by atoms with Crippen molar-refractivity contribution in [1.29, 1.82) is 0 Å². The van der Waals surface area contributed by atoms with Gasteiger partial charge in [-0.05, 0) is 141 Å². The molecular weight excluding hydrogens is 713 g/mol. The van der Waals surface area contributed by atoms with Gasteiger partial charge in [-0.1, -0.05) is 158 Å². The van der Waals surface area contributed by atoms with E-state index < -0.39 is 0 Å². The Balaban J connectivity index is 1.09. The van der Waals surface area contributed by atoms with E-state index >= 15 is 0 Å². The molecule has 2 heteroatoms. The third kappa shape index (κ3) is 5.05. The molecule has 0 N–H and O–H groups in total. The molecule has 12 aromatic rings. The van der Waals surface area contributed by atoms with Crippen molar-refractivity contribution in [3.63, 3.8) is 0 Å². The van der Waals surface area contributed by atoms with Crippen LogP contribution in [0.4, 0.5) is 5.69 Å². The Morgan fingerprint density at radius 1 is 0.305 bits per heavy atom. The van der Waals surface area contributed by atoms with Gasteiger partial charge in [0.2, 0.25) is 0 Å². The van der Waals surface area contributed by atoms with E-state index in [2.05, 4.69) is 197 Å². The monoisotopic (exact) mass is 746 g/mol. The summed E-state index contributed by atoms with van der Waals surface area (Å²) >= 11 is 0. The number of nitrogens with zero attached hydrogens (tertiary/aromatic N) is 2. The molecule has 0 radical (unpaired) electrons. The van der Waals surface area contributed by atoms with Gasteiger partial charge in [-0.25, -0.2) is 4.85 Å². The Kier molecular flexibility index (Phi) is 7.33. The van der Waals surface area contributed by atoms with Crippen LogP contribution in [-0.2, 0) is 0 Å². The van der Waals surface area contributed by atoms with Crippen molar-refractivity contribution in [3.8, 4) is 39.1 Å². The largest absolute Gasteiger partial charge is 0.309 e. The highest BCUT2D eigenvalue weighted by Gasteiger charge is 2.19. The molecule has 59 heavy (non-hydrogen) atoms. The van der Waals surface area contributed by atoms with Crippen LogP contribution in [-0.4, -0.2) is 4.57 Å². The first kappa shape index (κ1) is 33.2. The van der Waals surface area contributed by atoms with E-state index in [1.165, 1.54) is 81.7 Å². The minimum Gasteiger partial charge on any atom is -0.309 e. The van der Waals surface area contributed by atoms with Gasteiger partial charge in [-0.2, -0.15) is 0 Å². The Morgan fingerprint density at radius 2 is 0.797 bits per heavy atom. The molecule has 12 rings (SSSR count). The third-order valence-corrected chi connectivity index (χ3v) is 12.4. The highest BCUT2D eigenvalue weighted by atomic mass is 15.0. The predicted octanol–water partition coefficient (Wildman–Crippen LogP) is 16.1. The van der Waals surface area contributed by atoms with E-state index in [0.717, 1.165) is 33.1 Å². The molecular formula is C57H34N2. The van der Waals surface area contributed by atoms with Gasteiger partial charge in [0.15, 0.2) is 5.69 Å². The van der Waals surface area contributed by atoms with E-state index in [9.17, 15) is 0 Å². The van der Waals surface area contributed by atoms with Gasteiger partial charge in [0.25, 0.3) is 0 Å². The Labute approximate surface area is 341 Å². The topological polar surface area (TPSA) is 9.29 Å². The Bertz CT molecular complexity index is 3730. The van der Waals surface area contributed by atoms with Crippen molar-refractivity contribution in [2.75, 3.05) is 0 Å². The molecule has 1 aromatic heterocycles. The second-order valence-corrected chi connectivity index (χ2v) is 15.5. The zero-order valence-corrected chi connectivity index (χ0v) is 32.0. The van der Waals surface area contributed by atoms with Crippen molar-refractivity contribution in [1.82, 2.24) is 4.57 Å². The second kappa shape index (κ2) is 13.0. The van der Waals surface area contributed by atoms with Crippen molar-refractivity contribution in [2.24, 2.45) is 0 Å². The molecule has 11 aromatic carbocycles. The first-order valence-electron chi connectivity index (χ1n) is 20.1. The van der Waals surface area contributed by atoms with Crippen LogP contribution in [0, 0.1) is 6.57 Å². The summed E-state index contributed by atoms with van der Waals surface area (Å²) in [5.74, 6) is 0. The lowest BCUT2D eigenvalue weighted by atomic mass is 9.85. The van der Waals surface area contributed by atoms with Gasteiger partial charge >= 0.3 is 0 Å². The number of benzene rings is 11. The summed E-state index contributed by atoms with van der Waals surface area (Å²) in [4.78, 5) is 3.80. The lowest BCUT2D eigenvalue weighted by Gasteiger charge is -2.18. The van der Waals surface area contributed by atoms with Crippen LogP contribution < -0.4 is 0 Å². The molecule has 0 aliphatic rings. The molecule has 0 saturated carbocycles. The molecule has 2 nitrogen and oxygen atoms in total. The molecule has 1 heterocycles. The number of fused-ring (bicyclic) bond motifs is 10. The van der Waals surface area contributed by atoms with Gasteiger partial charge in [-0.15, -0.1) is 0 Å². The minimum atomic E-state index is 0.644. The molecule has 272 valence electrons. The molecule has 0 aliphatic carbocycles. The summed E-state index contributed by atoms with van der Waals surface area (Å²) in [7, 11) is 0. The standard InChI is InChI=1S/C57H34N2/c1-58-38-27-31-57-55(33-38)54-32-37(26-30-56(54)59(57)39-16-3-2-4-17-39)41-28-29-49(44-20-8-7-19-42(41)44)51-35-53-47-23-11-9-21-45(47)50(34-52(53)48-24-12-10-22-46(48)51)43-25-13-15-36-14-5-6-18-40(36)43/h2-35H. The van der Waals surface area contributed by atoms with Crippen molar-refractivity contribution < 1.29 is 0 Å². The van der Waals surface area contributed by atoms with Crippen LogP contribution in [0.2, 0.25) is 0 Å². The van der Waals surface area contributed by atoms with E-state index in [1.807, 2.05) is 18.2 Å². The molecule has 0 saturated heterocycles. The highest BCUT2D eigenvalue weighted by molar-refractivity contribution is 6.26. The first-order chi connectivity index (χ1) is 29.2. The number of rotatable bonds is 4. The van der Waals surface area contributed by atoms with Gasteiger partial charge in [0.05, 0.1) is 17.6 Å². The Hall–Kier alpha value is -7.99. The summed E-state index contributed by atoms with van der Waals surface area (Å²) in [6.07, 6.45) is 0. The van der Waals surface area contributed by atoms with Gasteiger partial charge in [0.1, 0.15) is 0 Å². The SMILES string of the molecule is [C-]#[N+]c1ccc2c(c1)c1cc(-c3ccc(-c4cc5c6ccccc6c(-c6cccc7ccccc67)cc5c5ccccc45)c4ccccc34)ccc1n2-c1ccccc1. The fourth-order valence-electron chi connectivity index (χ4n) is 9.75. The van der Waals surface area contributed by atoms with Gasteiger partial charge < -0.3 is 4.57 Å². The summed E-state index contributed by atoms with van der Waals surface area (Å²) in [5, 5.41) is 14.7. The van der Waals surface area contributed by atoms with Crippen LogP contribution in [0.15, 0.2) is 206 Å². The average molecular weight is 747 g/mol. The maximum Gasteiger partial charge on any atom is 0.188 e. The minimum absolute atomic E-state index is 0.644. The maximum absolute atomic E-state index is 7.78. The molecule has 0 fully saturated rings. The lowest BCUT2D eigenvalue weighted by molar-refractivity contribution is 1.18. The van der Waals surface area contributed by atoms with Gasteiger partial charge in [-0.3, -0.25) is 0 Å². The quantitative estimate of drug-likeness (QED) is 0.125. The fraction of sp³-hybridized carbons (Fsp3) is 0. The summed E-state index contributed by atoms with van der Waals surface area (Å²) in [6, 6.07) is 74.9. The molecule has 0 atom stereocenters. The summed E-state index contributed by atoms with van der Waals surface area (Å²) in [6.45, 7) is 7.78. The maximum atomic E-state index is 7.78. The smallest absolute Gasteiger partial charge is 0.188 e. The highest BCUT2D eigenvalue weighted by Crippen LogP contribution is 2.46. The molecule has 0 amide bonds. The van der Waals surface area contributed by atoms with Crippen LogP contribution in [0.3, 0.4) is 0 Å². The van der Waals surface area contributed by atoms with Crippen molar-refractivity contribution >= 4 is 81.4 Å². The van der Waals surface area contributed by atoms with Crippen LogP contribution >= 0.6 is 0 Å². The van der Waals surface area contributed by atoms with Crippen LogP contribution in [0.1, 0.15) is 0 Å². The molecule has 0 unspecified atom stereocenters. The fourth-order valence-corrected chi connectivity index (χ4v) is 9.75. The van der Waals surface area contributed by atoms with Gasteiger partial charge in [0, 0.05) is 11.1 Å².